The van der Waals surface area contributed by atoms with E-state index in [1.54, 1.807) is 0 Å². The molecule has 0 aliphatic rings. The molecule has 2 N–H and O–H groups in total. The molecule has 2 aromatic carbocycles. The lowest BCUT2D eigenvalue weighted by Gasteiger charge is -2.04. The van der Waals surface area contributed by atoms with E-state index in [1.165, 1.54) is 0 Å². The molecule has 0 atom stereocenters. The van der Waals surface area contributed by atoms with Gasteiger partial charge in [0.25, 0.3) is 0 Å². The van der Waals surface area contributed by atoms with Gasteiger partial charge in [-0.1, -0.05) is 28.1 Å². The minimum Gasteiger partial charge on any atom is -0.329 e. The van der Waals surface area contributed by atoms with Gasteiger partial charge in [-0.25, -0.2) is 9.97 Å². The van der Waals surface area contributed by atoms with Crippen molar-refractivity contribution < 1.29 is 0 Å². The highest BCUT2D eigenvalue weighted by Crippen LogP contribution is 2.30. The molecule has 0 amide bonds. The number of hydrogen-bond donors (Lipinski definition) is 1. The summed E-state index contributed by atoms with van der Waals surface area (Å²) < 4.78 is 3.19. The van der Waals surface area contributed by atoms with E-state index < -0.39 is 0 Å². The number of hydrogen-bond acceptors (Lipinski definition) is 3. The van der Waals surface area contributed by atoms with Crippen LogP contribution in [0.15, 0.2) is 46.9 Å². The van der Waals surface area contributed by atoms with E-state index in [9.17, 15) is 0 Å². The maximum Gasteiger partial charge on any atom is 0.160 e. The van der Waals surface area contributed by atoms with Gasteiger partial charge in [0.1, 0.15) is 5.52 Å². The number of nitrogens with two attached hydrogens (primary N) is 1. The Balaban J connectivity index is 2.22. The van der Waals surface area contributed by atoms with Gasteiger partial charge in [-0.15, -0.1) is 0 Å². The van der Waals surface area contributed by atoms with Crippen LogP contribution in [0.5, 0.6) is 0 Å². The molecule has 0 saturated carbocycles. The van der Waals surface area contributed by atoms with Crippen molar-refractivity contribution in [2.75, 3.05) is 6.54 Å². The number of aromatic nitrogens is 3. The molecule has 4 aromatic rings. The molecule has 5 heteroatoms. The van der Waals surface area contributed by atoms with Gasteiger partial charge in [0, 0.05) is 22.9 Å². The van der Waals surface area contributed by atoms with Gasteiger partial charge in [0.2, 0.25) is 0 Å². The molecule has 0 aliphatic carbocycles. The first-order valence-electron chi connectivity index (χ1n) is 6.82. The zero-order valence-corrected chi connectivity index (χ0v) is 12.8. The predicted octanol–water partition coefficient (Wildman–Crippen LogP) is 3.46. The topological polar surface area (TPSA) is 56.7 Å². The summed E-state index contributed by atoms with van der Waals surface area (Å²) >= 11 is 3.53. The van der Waals surface area contributed by atoms with Crippen LogP contribution < -0.4 is 5.73 Å². The van der Waals surface area contributed by atoms with Crippen LogP contribution in [-0.2, 0) is 6.54 Å². The second kappa shape index (κ2) is 4.79. The molecule has 0 saturated heterocycles. The molecule has 0 unspecified atom stereocenters. The number of para-hydroxylation sites is 2. The van der Waals surface area contributed by atoms with Crippen molar-refractivity contribution in [1.82, 2.24) is 14.5 Å². The van der Waals surface area contributed by atoms with E-state index in [4.69, 9.17) is 15.7 Å². The highest BCUT2D eigenvalue weighted by molar-refractivity contribution is 9.10. The van der Waals surface area contributed by atoms with Gasteiger partial charge in [0.05, 0.1) is 16.6 Å². The minimum atomic E-state index is 0.573. The second-order valence-electron chi connectivity index (χ2n) is 4.99. The first-order chi connectivity index (χ1) is 10.3. The largest absolute Gasteiger partial charge is 0.329 e. The Morgan fingerprint density at radius 1 is 1.05 bits per heavy atom. The van der Waals surface area contributed by atoms with Crippen LogP contribution >= 0.6 is 15.9 Å². The van der Waals surface area contributed by atoms with Gasteiger partial charge in [0.15, 0.2) is 5.65 Å². The van der Waals surface area contributed by atoms with E-state index in [0.29, 0.717) is 6.54 Å². The molecule has 0 fully saturated rings. The van der Waals surface area contributed by atoms with Crippen LogP contribution in [-0.4, -0.2) is 21.1 Å². The number of benzene rings is 2. The lowest BCUT2D eigenvalue weighted by molar-refractivity contribution is 0.751. The maximum absolute atomic E-state index is 5.77. The Morgan fingerprint density at radius 3 is 2.57 bits per heavy atom. The monoisotopic (exact) mass is 340 g/mol. The summed E-state index contributed by atoms with van der Waals surface area (Å²) in [6, 6.07) is 14.2. The average Bonchev–Trinajstić information content (AvgIpc) is 2.79. The summed E-state index contributed by atoms with van der Waals surface area (Å²) in [4.78, 5) is 9.60. The first kappa shape index (κ1) is 12.7. The molecule has 0 spiro atoms. The van der Waals surface area contributed by atoms with E-state index in [1.807, 2.05) is 30.3 Å². The SMILES string of the molecule is NCCn1c2ccc(Br)cc2c2nc3ccccc3nc21. The number of rotatable bonds is 2. The zero-order chi connectivity index (χ0) is 14.4. The van der Waals surface area contributed by atoms with Crippen molar-refractivity contribution in [3.63, 3.8) is 0 Å². The summed E-state index contributed by atoms with van der Waals surface area (Å²) in [6.45, 7) is 1.30. The highest BCUT2D eigenvalue weighted by atomic mass is 79.9. The van der Waals surface area contributed by atoms with E-state index in [0.717, 1.165) is 44.1 Å². The standard InChI is InChI=1S/C16H13BrN4/c17-10-5-6-14-11(9-10)15-16(21(14)8-7-18)20-13-4-2-1-3-12(13)19-15/h1-6,9H,7-8,18H2. The molecule has 2 heterocycles. The second-order valence-corrected chi connectivity index (χ2v) is 5.90. The summed E-state index contributed by atoms with van der Waals surface area (Å²) in [5.41, 5.74) is 10.5. The summed E-state index contributed by atoms with van der Waals surface area (Å²) in [6.07, 6.45) is 0. The summed E-state index contributed by atoms with van der Waals surface area (Å²) in [7, 11) is 0. The third-order valence-electron chi connectivity index (χ3n) is 3.67. The van der Waals surface area contributed by atoms with Crippen LogP contribution in [0, 0.1) is 0 Å². The lowest BCUT2D eigenvalue weighted by Crippen LogP contribution is -2.10. The number of nitrogens with zero attached hydrogens (tertiary/aromatic N) is 3. The summed E-state index contributed by atoms with van der Waals surface area (Å²) in [5, 5.41) is 1.10. The van der Waals surface area contributed by atoms with Crippen molar-refractivity contribution >= 4 is 49.0 Å². The average molecular weight is 341 g/mol. The van der Waals surface area contributed by atoms with Gasteiger partial charge in [-0.2, -0.15) is 0 Å². The van der Waals surface area contributed by atoms with Crippen molar-refractivity contribution in [1.29, 1.82) is 0 Å². The summed E-state index contributed by atoms with van der Waals surface area (Å²) in [5.74, 6) is 0. The molecular weight excluding hydrogens is 328 g/mol. The van der Waals surface area contributed by atoms with Crippen LogP contribution in [0.2, 0.25) is 0 Å². The molecule has 4 rings (SSSR count). The van der Waals surface area contributed by atoms with Crippen molar-refractivity contribution in [2.24, 2.45) is 5.73 Å². The van der Waals surface area contributed by atoms with E-state index in [2.05, 4.69) is 32.6 Å². The molecular formula is C16H13BrN4. The van der Waals surface area contributed by atoms with E-state index in [-0.39, 0.29) is 0 Å². The Kier molecular flexibility index (Phi) is 2.90. The fraction of sp³-hybridized carbons (Fsp3) is 0.125. The van der Waals surface area contributed by atoms with Gasteiger partial charge in [-0.3, -0.25) is 0 Å². The van der Waals surface area contributed by atoms with Crippen LogP contribution in [0.4, 0.5) is 0 Å². The fourth-order valence-electron chi connectivity index (χ4n) is 2.76. The van der Waals surface area contributed by atoms with Crippen LogP contribution in [0.1, 0.15) is 0 Å². The Labute approximate surface area is 129 Å². The number of fused-ring (bicyclic) bond motifs is 4. The molecule has 104 valence electrons. The Hall–Kier alpha value is -1.98. The highest BCUT2D eigenvalue weighted by Gasteiger charge is 2.14. The van der Waals surface area contributed by atoms with Crippen molar-refractivity contribution in [2.45, 2.75) is 6.54 Å². The Bertz CT molecular complexity index is 974. The fourth-order valence-corrected chi connectivity index (χ4v) is 3.12. The quantitative estimate of drug-likeness (QED) is 0.607. The predicted molar refractivity (Wildman–Crippen MR) is 89.3 cm³/mol. The zero-order valence-electron chi connectivity index (χ0n) is 11.3. The first-order valence-corrected chi connectivity index (χ1v) is 7.61. The van der Waals surface area contributed by atoms with Gasteiger partial charge >= 0.3 is 0 Å². The Morgan fingerprint density at radius 2 is 1.81 bits per heavy atom. The van der Waals surface area contributed by atoms with Crippen molar-refractivity contribution in [3.05, 3.63) is 46.9 Å². The molecule has 4 nitrogen and oxygen atoms in total. The third-order valence-corrected chi connectivity index (χ3v) is 4.16. The molecule has 0 radical (unpaired) electrons. The van der Waals surface area contributed by atoms with E-state index >= 15 is 0 Å². The smallest absolute Gasteiger partial charge is 0.160 e. The van der Waals surface area contributed by atoms with Crippen molar-refractivity contribution in [3.8, 4) is 0 Å². The maximum atomic E-state index is 5.77. The number of halogens is 1. The minimum absolute atomic E-state index is 0.573. The molecule has 0 aliphatic heterocycles. The molecule has 2 aromatic heterocycles. The lowest BCUT2D eigenvalue weighted by atomic mass is 10.2. The molecule has 21 heavy (non-hydrogen) atoms. The molecule has 0 bridgehead atoms. The third kappa shape index (κ3) is 1.92. The normalized spacial score (nSPS) is 11.7. The van der Waals surface area contributed by atoms with Crippen LogP contribution in [0.25, 0.3) is 33.1 Å². The van der Waals surface area contributed by atoms with Gasteiger partial charge in [-0.05, 0) is 30.3 Å². The van der Waals surface area contributed by atoms with Crippen LogP contribution in [0.3, 0.4) is 0 Å². The van der Waals surface area contributed by atoms with Gasteiger partial charge < -0.3 is 10.3 Å².